The molecule has 1 N–H and O–H groups in total. The third-order valence-corrected chi connectivity index (χ3v) is 5.08. The van der Waals surface area contributed by atoms with Crippen molar-refractivity contribution < 1.29 is 9.50 Å². The summed E-state index contributed by atoms with van der Waals surface area (Å²) in [6.45, 7) is 1.85. The fourth-order valence-electron chi connectivity index (χ4n) is 2.56. The van der Waals surface area contributed by atoms with Gasteiger partial charge in [-0.15, -0.1) is 0 Å². The van der Waals surface area contributed by atoms with Crippen LogP contribution in [0, 0.1) is 12.7 Å². The zero-order chi connectivity index (χ0) is 13.0. The Hall–Kier alpha value is -0.540. The highest BCUT2D eigenvalue weighted by Crippen LogP contribution is 2.31. The molecular weight excluding hydrogens is 247 g/mol. The molecule has 18 heavy (non-hydrogen) atoms. The van der Waals surface area contributed by atoms with E-state index in [-0.39, 0.29) is 5.82 Å². The lowest BCUT2D eigenvalue weighted by Gasteiger charge is -2.22. The van der Waals surface area contributed by atoms with Gasteiger partial charge in [-0.25, -0.2) is 4.39 Å². The molecule has 0 heterocycles. The normalized spacial score (nSPS) is 18.8. The van der Waals surface area contributed by atoms with Crippen LogP contribution < -0.4 is 0 Å². The van der Waals surface area contributed by atoms with Gasteiger partial charge in [-0.2, -0.15) is 11.8 Å². The number of aliphatic hydroxyl groups is 1. The molecule has 0 saturated heterocycles. The van der Waals surface area contributed by atoms with Crippen molar-refractivity contribution in [3.8, 4) is 0 Å². The van der Waals surface area contributed by atoms with E-state index in [2.05, 4.69) is 0 Å². The average molecular weight is 268 g/mol. The van der Waals surface area contributed by atoms with Gasteiger partial charge in [-0.05, 0) is 43.0 Å². The second kappa shape index (κ2) is 6.58. The fraction of sp³-hybridized carbons (Fsp3) is 0.600. The number of thioether (sulfide) groups is 1. The molecule has 0 spiro atoms. The van der Waals surface area contributed by atoms with Gasteiger partial charge >= 0.3 is 0 Å². The summed E-state index contributed by atoms with van der Waals surface area (Å²) in [6, 6.07) is 4.62. The predicted octanol–water partition coefficient (Wildman–Crippen LogP) is 4.23. The molecule has 1 fully saturated rings. The van der Waals surface area contributed by atoms with Crippen LogP contribution in [0.3, 0.4) is 0 Å². The van der Waals surface area contributed by atoms with Crippen LogP contribution in [-0.4, -0.2) is 16.1 Å². The predicted molar refractivity (Wildman–Crippen MR) is 75.4 cm³/mol. The quantitative estimate of drug-likeness (QED) is 0.881. The summed E-state index contributed by atoms with van der Waals surface area (Å²) in [5.41, 5.74) is 1.70. The minimum Gasteiger partial charge on any atom is -0.388 e. The Kier molecular flexibility index (Phi) is 5.07. The van der Waals surface area contributed by atoms with Crippen molar-refractivity contribution in [2.45, 2.75) is 50.4 Å². The Morgan fingerprint density at radius 3 is 2.72 bits per heavy atom. The van der Waals surface area contributed by atoms with Crippen molar-refractivity contribution in [3.63, 3.8) is 0 Å². The Bertz CT molecular complexity index is 388. The van der Waals surface area contributed by atoms with Crippen molar-refractivity contribution >= 4 is 11.8 Å². The maximum absolute atomic E-state index is 13.0. The molecule has 1 unspecified atom stereocenters. The molecule has 1 saturated carbocycles. The highest BCUT2D eigenvalue weighted by molar-refractivity contribution is 7.99. The summed E-state index contributed by atoms with van der Waals surface area (Å²) in [4.78, 5) is 0. The molecule has 3 heteroatoms. The summed E-state index contributed by atoms with van der Waals surface area (Å²) in [5, 5.41) is 10.9. The molecule has 100 valence electrons. The second-order valence-corrected chi connectivity index (χ2v) is 6.44. The van der Waals surface area contributed by atoms with Crippen LogP contribution in [0.2, 0.25) is 0 Å². The average Bonchev–Trinajstić information content (AvgIpc) is 2.37. The number of aryl methyl sites for hydroxylation is 1. The van der Waals surface area contributed by atoms with Crippen LogP contribution in [0.25, 0.3) is 0 Å². The standard InChI is InChI=1S/C15H21FOS/c1-11-9-12(16)7-8-14(11)15(17)10-18-13-5-3-2-4-6-13/h7-9,13,15,17H,2-6,10H2,1H3. The molecule has 0 bridgehead atoms. The first-order valence-electron chi connectivity index (χ1n) is 6.72. The summed E-state index contributed by atoms with van der Waals surface area (Å²) in [6.07, 6.45) is 6.08. The largest absolute Gasteiger partial charge is 0.388 e. The van der Waals surface area contributed by atoms with Gasteiger partial charge in [0.05, 0.1) is 6.10 Å². The molecule has 1 atom stereocenters. The van der Waals surface area contributed by atoms with E-state index < -0.39 is 6.10 Å². The molecule has 1 aromatic carbocycles. The lowest BCUT2D eigenvalue weighted by molar-refractivity contribution is 0.203. The fourth-order valence-corrected chi connectivity index (χ4v) is 3.86. The minimum atomic E-state index is -0.475. The van der Waals surface area contributed by atoms with E-state index in [9.17, 15) is 9.50 Å². The van der Waals surface area contributed by atoms with E-state index in [1.165, 1.54) is 44.2 Å². The Balaban J connectivity index is 1.88. The van der Waals surface area contributed by atoms with Crippen molar-refractivity contribution in [1.82, 2.24) is 0 Å². The Morgan fingerprint density at radius 1 is 1.33 bits per heavy atom. The smallest absolute Gasteiger partial charge is 0.123 e. The van der Waals surface area contributed by atoms with Gasteiger partial charge < -0.3 is 5.11 Å². The number of aliphatic hydroxyl groups excluding tert-OH is 1. The molecule has 1 aliphatic carbocycles. The zero-order valence-corrected chi connectivity index (χ0v) is 11.7. The number of benzene rings is 1. The highest BCUT2D eigenvalue weighted by atomic mass is 32.2. The van der Waals surface area contributed by atoms with E-state index in [1.807, 2.05) is 18.7 Å². The lowest BCUT2D eigenvalue weighted by atomic mass is 10.0. The van der Waals surface area contributed by atoms with E-state index in [1.54, 1.807) is 6.07 Å². The van der Waals surface area contributed by atoms with Gasteiger partial charge in [0.2, 0.25) is 0 Å². The van der Waals surface area contributed by atoms with Crippen molar-refractivity contribution in [2.24, 2.45) is 0 Å². The molecule has 0 aromatic heterocycles. The SMILES string of the molecule is Cc1cc(F)ccc1C(O)CSC1CCCCC1. The number of rotatable bonds is 4. The van der Waals surface area contributed by atoms with Crippen LogP contribution in [0.15, 0.2) is 18.2 Å². The maximum atomic E-state index is 13.0. The molecule has 0 amide bonds. The van der Waals surface area contributed by atoms with Gasteiger partial charge in [-0.3, -0.25) is 0 Å². The van der Waals surface area contributed by atoms with E-state index in [0.29, 0.717) is 5.25 Å². The van der Waals surface area contributed by atoms with Crippen LogP contribution in [0.5, 0.6) is 0 Å². The highest BCUT2D eigenvalue weighted by Gasteiger charge is 2.17. The summed E-state index contributed by atoms with van der Waals surface area (Å²) >= 11 is 1.87. The van der Waals surface area contributed by atoms with E-state index in [4.69, 9.17) is 0 Å². The van der Waals surface area contributed by atoms with Crippen molar-refractivity contribution in [1.29, 1.82) is 0 Å². The van der Waals surface area contributed by atoms with E-state index in [0.717, 1.165) is 16.9 Å². The third kappa shape index (κ3) is 3.72. The monoisotopic (exact) mass is 268 g/mol. The number of hydrogen-bond acceptors (Lipinski definition) is 2. The van der Waals surface area contributed by atoms with Crippen molar-refractivity contribution in [2.75, 3.05) is 5.75 Å². The molecule has 1 aromatic rings. The first-order chi connectivity index (χ1) is 8.66. The van der Waals surface area contributed by atoms with Gasteiger partial charge in [0, 0.05) is 11.0 Å². The third-order valence-electron chi connectivity index (χ3n) is 3.63. The topological polar surface area (TPSA) is 20.2 Å². The zero-order valence-electron chi connectivity index (χ0n) is 10.9. The van der Waals surface area contributed by atoms with Crippen LogP contribution >= 0.6 is 11.8 Å². The van der Waals surface area contributed by atoms with Crippen molar-refractivity contribution in [3.05, 3.63) is 35.1 Å². The summed E-state index contributed by atoms with van der Waals surface area (Å²) in [7, 11) is 0. The van der Waals surface area contributed by atoms with Gasteiger partial charge in [0.25, 0.3) is 0 Å². The van der Waals surface area contributed by atoms with Crippen LogP contribution in [-0.2, 0) is 0 Å². The molecule has 0 radical (unpaired) electrons. The van der Waals surface area contributed by atoms with E-state index >= 15 is 0 Å². The second-order valence-electron chi connectivity index (χ2n) is 5.11. The maximum Gasteiger partial charge on any atom is 0.123 e. The summed E-state index contributed by atoms with van der Waals surface area (Å²) < 4.78 is 13.0. The molecule has 1 aliphatic rings. The van der Waals surface area contributed by atoms with Crippen LogP contribution in [0.4, 0.5) is 4.39 Å². The number of hydrogen-bond donors (Lipinski definition) is 1. The Labute approximate surface area is 113 Å². The lowest BCUT2D eigenvalue weighted by Crippen LogP contribution is -2.12. The number of halogens is 1. The van der Waals surface area contributed by atoms with Gasteiger partial charge in [-0.1, -0.05) is 25.3 Å². The minimum absolute atomic E-state index is 0.233. The first-order valence-corrected chi connectivity index (χ1v) is 7.77. The van der Waals surface area contributed by atoms with Gasteiger partial charge in [0.1, 0.15) is 5.82 Å². The molecule has 1 nitrogen and oxygen atoms in total. The molecular formula is C15H21FOS. The summed E-state index contributed by atoms with van der Waals surface area (Å²) in [5.74, 6) is 0.486. The Morgan fingerprint density at radius 2 is 2.06 bits per heavy atom. The molecule has 2 rings (SSSR count). The molecule has 0 aliphatic heterocycles. The first kappa shape index (κ1) is 13.9. The van der Waals surface area contributed by atoms with Gasteiger partial charge in [0.15, 0.2) is 0 Å². The van der Waals surface area contributed by atoms with Crippen LogP contribution in [0.1, 0.15) is 49.3 Å².